The number of halogens is 4. The van der Waals surface area contributed by atoms with Gasteiger partial charge in [0.1, 0.15) is 5.75 Å². The van der Waals surface area contributed by atoms with Gasteiger partial charge < -0.3 is 4.74 Å². The van der Waals surface area contributed by atoms with Crippen molar-refractivity contribution in [2.45, 2.75) is 19.6 Å². The fraction of sp³-hybridized carbons (Fsp3) is 0.120. The van der Waals surface area contributed by atoms with Crippen LogP contribution in [0.25, 0.3) is 6.08 Å². The first-order chi connectivity index (χ1) is 17.4. The fourth-order valence-corrected chi connectivity index (χ4v) is 4.79. The molecule has 2 amide bonds. The van der Waals surface area contributed by atoms with Crippen LogP contribution in [0.1, 0.15) is 22.3 Å². The molecule has 190 valence electrons. The van der Waals surface area contributed by atoms with E-state index < -0.39 is 33.5 Å². The Morgan fingerprint density at radius 3 is 2.43 bits per heavy atom. The van der Waals surface area contributed by atoms with Crippen LogP contribution in [-0.2, 0) is 17.5 Å². The van der Waals surface area contributed by atoms with Gasteiger partial charge in [-0.25, -0.2) is 0 Å². The zero-order chi connectivity index (χ0) is 26.9. The molecule has 1 saturated heterocycles. The Labute approximate surface area is 221 Å². The van der Waals surface area contributed by atoms with Crippen LogP contribution >= 0.6 is 27.7 Å². The summed E-state index contributed by atoms with van der Waals surface area (Å²) in [6.45, 7) is 2.04. The highest BCUT2D eigenvalue weighted by Gasteiger charge is 2.35. The molecule has 0 radical (unpaired) electrons. The van der Waals surface area contributed by atoms with E-state index >= 15 is 0 Å². The number of rotatable bonds is 6. The molecule has 1 aliphatic heterocycles. The van der Waals surface area contributed by atoms with Crippen molar-refractivity contribution in [3.63, 3.8) is 0 Å². The van der Waals surface area contributed by atoms with E-state index in [4.69, 9.17) is 4.74 Å². The van der Waals surface area contributed by atoms with Gasteiger partial charge in [0.15, 0.2) is 0 Å². The van der Waals surface area contributed by atoms with E-state index in [1.54, 1.807) is 12.1 Å². The van der Waals surface area contributed by atoms with E-state index in [0.717, 1.165) is 33.9 Å². The van der Waals surface area contributed by atoms with E-state index in [2.05, 4.69) is 15.9 Å². The first-order valence-electron chi connectivity index (χ1n) is 10.6. The van der Waals surface area contributed by atoms with Crippen LogP contribution in [0.15, 0.2) is 70.0 Å². The standard InChI is InChI=1S/C25H16BrF3N2O5S/c1-14-4-2-3-5-16(14)13-30-23(32)22(37-24(30)33)11-15-6-8-20(18(26)10-15)36-21-9-7-17(25(27,28)29)12-19(21)31(34)35/h2-12H,13H2,1H3/b22-11-. The van der Waals surface area contributed by atoms with Crippen molar-refractivity contribution in [1.82, 2.24) is 4.90 Å². The minimum absolute atomic E-state index is 0.104. The molecule has 1 heterocycles. The van der Waals surface area contributed by atoms with Crippen molar-refractivity contribution in [3.8, 4) is 11.5 Å². The smallest absolute Gasteiger partial charge is 0.416 e. The molecule has 0 N–H and O–H groups in total. The lowest BCUT2D eigenvalue weighted by atomic mass is 10.1. The number of alkyl halides is 3. The molecule has 3 aromatic carbocycles. The third-order valence-electron chi connectivity index (χ3n) is 5.42. The number of hydrogen-bond donors (Lipinski definition) is 0. The molecule has 0 unspecified atom stereocenters. The normalized spacial score (nSPS) is 14.9. The van der Waals surface area contributed by atoms with Crippen molar-refractivity contribution in [3.05, 3.63) is 102 Å². The maximum Gasteiger partial charge on any atom is 0.416 e. The summed E-state index contributed by atoms with van der Waals surface area (Å²) in [5.74, 6) is -0.702. The average molecular weight is 593 g/mol. The number of imide groups is 1. The Hall–Kier alpha value is -3.64. The van der Waals surface area contributed by atoms with Gasteiger partial charge in [0.05, 0.1) is 26.4 Å². The summed E-state index contributed by atoms with van der Waals surface area (Å²) in [4.78, 5) is 37.1. The van der Waals surface area contributed by atoms with Crippen molar-refractivity contribution < 1.29 is 32.4 Å². The maximum atomic E-state index is 12.9. The van der Waals surface area contributed by atoms with Gasteiger partial charge in [0, 0.05) is 6.07 Å². The van der Waals surface area contributed by atoms with Crippen molar-refractivity contribution in [2.24, 2.45) is 0 Å². The molecule has 37 heavy (non-hydrogen) atoms. The highest BCUT2D eigenvalue weighted by Crippen LogP contribution is 2.40. The van der Waals surface area contributed by atoms with Gasteiger partial charge in [-0.1, -0.05) is 30.3 Å². The third-order valence-corrected chi connectivity index (χ3v) is 6.95. The first kappa shape index (κ1) is 26.4. The maximum absolute atomic E-state index is 12.9. The molecular formula is C25H16BrF3N2O5S. The summed E-state index contributed by atoms with van der Waals surface area (Å²) >= 11 is 4.09. The monoisotopic (exact) mass is 592 g/mol. The van der Waals surface area contributed by atoms with E-state index in [1.165, 1.54) is 12.1 Å². The second-order valence-corrected chi connectivity index (χ2v) is 9.77. The molecule has 0 saturated carbocycles. The molecule has 12 heteroatoms. The lowest BCUT2D eigenvalue weighted by Gasteiger charge is -2.14. The molecule has 7 nitrogen and oxygen atoms in total. The molecule has 3 aromatic rings. The van der Waals surface area contributed by atoms with Crippen LogP contribution in [0.4, 0.5) is 23.7 Å². The molecule has 4 rings (SSSR count). The van der Waals surface area contributed by atoms with E-state index in [0.29, 0.717) is 22.2 Å². The van der Waals surface area contributed by atoms with Crippen LogP contribution < -0.4 is 4.74 Å². The van der Waals surface area contributed by atoms with Gasteiger partial charge >= 0.3 is 11.9 Å². The van der Waals surface area contributed by atoms with E-state index in [1.807, 2.05) is 31.2 Å². The minimum Gasteiger partial charge on any atom is -0.449 e. The number of ether oxygens (including phenoxy) is 1. The average Bonchev–Trinajstić information content (AvgIpc) is 3.08. The Morgan fingerprint density at radius 2 is 1.78 bits per heavy atom. The summed E-state index contributed by atoms with van der Waals surface area (Å²) in [5, 5.41) is 10.9. The van der Waals surface area contributed by atoms with Gasteiger partial charge in [0.2, 0.25) is 5.75 Å². The van der Waals surface area contributed by atoms with Crippen molar-refractivity contribution in [2.75, 3.05) is 0 Å². The van der Waals surface area contributed by atoms with Gasteiger partial charge in [-0.05, 0) is 81.6 Å². The van der Waals surface area contributed by atoms with Crippen LogP contribution in [0.2, 0.25) is 0 Å². The molecular weight excluding hydrogens is 577 g/mol. The number of carbonyl (C=O) groups is 2. The van der Waals surface area contributed by atoms with Crippen molar-refractivity contribution in [1.29, 1.82) is 0 Å². The van der Waals surface area contributed by atoms with E-state index in [-0.39, 0.29) is 22.9 Å². The zero-order valence-electron chi connectivity index (χ0n) is 18.9. The number of carbonyl (C=O) groups excluding carboxylic acids is 2. The highest BCUT2D eigenvalue weighted by molar-refractivity contribution is 9.10. The number of hydrogen-bond acceptors (Lipinski definition) is 6. The Morgan fingerprint density at radius 1 is 1.08 bits per heavy atom. The lowest BCUT2D eigenvalue weighted by molar-refractivity contribution is -0.385. The number of nitro groups is 1. The van der Waals surface area contributed by atoms with Gasteiger partial charge in [-0.15, -0.1) is 0 Å². The zero-order valence-corrected chi connectivity index (χ0v) is 21.3. The molecule has 1 fully saturated rings. The van der Waals surface area contributed by atoms with E-state index in [9.17, 15) is 32.9 Å². The van der Waals surface area contributed by atoms with Gasteiger partial charge in [0.25, 0.3) is 11.1 Å². The van der Waals surface area contributed by atoms with Crippen LogP contribution in [0, 0.1) is 17.0 Å². The summed E-state index contributed by atoms with van der Waals surface area (Å²) in [6, 6.07) is 14.0. The molecule has 1 aliphatic rings. The molecule has 0 aliphatic carbocycles. The Kier molecular flexibility index (Phi) is 7.42. The number of amides is 2. The number of aryl methyl sites for hydroxylation is 1. The first-order valence-corrected chi connectivity index (χ1v) is 12.2. The quantitative estimate of drug-likeness (QED) is 0.165. The predicted molar refractivity (Wildman–Crippen MR) is 135 cm³/mol. The number of thioether (sulfide) groups is 1. The van der Waals surface area contributed by atoms with Crippen LogP contribution in [0.5, 0.6) is 11.5 Å². The largest absolute Gasteiger partial charge is 0.449 e. The summed E-state index contributed by atoms with van der Waals surface area (Å²) in [5.41, 5.74) is 0.332. The Bertz CT molecular complexity index is 1460. The highest BCUT2D eigenvalue weighted by atomic mass is 79.9. The minimum atomic E-state index is -4.74. The van der Waals surface area contributed by atoms with Crippen LogP contribution in [-0.4, -0.2) is 21.0 Å². The topological polar surface area (TPSA) is 89.8 Å². The SMILES string of the molecule is Cc1ccccc1CN1C(=O)S/C(=C\c2ccc(Oc3ccc(C(F)(F)F)cc3[N+](=O)[O-])c(Br)c2)C1=O. The fourth-order valence-electron chi connectivity index (χ4n) is 3.48. The molecule has 0 aromatic heterocycles. The van der Waals surface area contributed by atoms with Gasteiger partial charge in [-0.3, -0.25) is 24.6 Å². The molecule has 0 bridgehead atoms. The molecule has 0 spiro atoms. The Balaban J connectivity index is 1.55. The number of benzene rings is 3. The van der Waals surface area contributed by atoms with Gasteiger partial charge in [-0.2, -0.15) is 13.2 Å². The summed E-state index contributed by atoms with van der Waals surface area (Å²) < 4.78 is 44.7. The van der Waals surface area contributed by atoms with Crippen molar-refractivity contribution >= 4 is 50.6 Å². The third kappa shape index (κ3) is 5.86. The summed E-state index contributed by atoms with van der Waals surface area (Å²) in [6.07, 6.45) is -3.22. The second kappa shape index (κ2) is 10.4. The lowest BCUT2D eigenvalue weighted by Crippen LogP contribution is -2.27. The predicted octanol–water partition coefficient (Wildman–Crippen LogP) is 7.71. The number of nitrogens with zero attached hydrogens (tertiary/aromatic N) is 2. The molecule has 0 atom stereocenters. The van der Waals surface area contributed by atoms with Crippen LogP contribution in [0.3, 0.4) is 0 Å². The summed E-state index contributed by atoms with van der Waals surface area (Å²) in [7, 11) is 0. The number of nitro benzene ring substituents is 1. The second-order valence-electron chi connectivity index (χ2n) is 7.92.